The van der Waals surface area contributed by atoms with Gasteiger partial charge in [-0.15, -0.1) is 0 Å². The molecule has 138 valence electrons. The summed E-state index contributed by atoms with van der Waals surface area (Å²) in [5.74, 6) is 0.505. The Kier molecular flexibility index (Phi) is 6.09. The summed E-state index contributed by atoms with van der Waals surface area (Å²) in [6, 6.07) is 7.95. The minimum Gasteiger partial charge on any atom is -0.372 e. The number of hydrogen-bond donors (Lipinski definition) is 1. The second-order valence-electron chi connectivity index (χ2n) is 8.09. The van der Waals surface area contributed by atoms with Gasteiger partial charge in [-0.2, -0.15) is 0 Å². The van der Waals surface area contributed by atoms with Crippen LogP contribution in [0, 0.1) is 5.92 Å². The lowest BCUT2D eigenvalue weighted by Gasteiger charge is -2.32. The number of amides is 2. The molecule has 5 heteroatoms. The highest BCUT2D eigenvalue weighted by Gasteiger charge is 2.20. The molecular formula is C20H31N3O2. The van der Waals surface area contributed by atoms with Crippen LogP contribution < -0.4 is 15.1 Å². The lowest BCUT2D eigenvalue weighted by molar-refractivity contribution is -0.124. The molecule has 0 bridgehead atoms. The molecule has 0 saturated carbocycles. The molecule has 1 aliphatic heterocycles. The fraction of sp³-hybridized carbons (Fsp3) is 0.600. The van der Waals surface area contributed by atoms with E-state index < -0.39 is 0 Å². The molecule has 1 heterocycles. The zero-order valence-corrected chi connectivity index (χ0v) is 16.1. The van der Waals surface area contributed by atoms with E-state index in [4.69, 9.17) is 0 Å². The standard InChI is InChI=1S/C20H31N3O2/c1-15-10-12-22(13-11-15)17-6-8-18(9-7-17)23(16(2)24)14-19(25)21-20(3,4)5/h6-9,15H,10-14H2,1-5H3,(H,21,25). The summed E-state index contributed by atoms with van der Waals surface area (Å²) in [6.07, 6.45) is 2.43. The third-order valence-electron chi connectivity index (χ3n) is 4.51. The first-order valence-corrected chi connectivity index (χ1v) is 9.10. The summed E-state index contributed by atoms with van der Waals surface area (Å²) in [5.41, 5.74) is 1.62. The molecule has 2 rings (SSSR count). The zero-order chi connectivity index (χ0) is 18.6. The van der Waals surface area contributed by atoms with Crippen LogP contribution in [0.5, 0.6) is 0 Å². The van der Waals surface area contributed by atoms with Crippen molar-refractivity contribution in [2.45, 2.75) is 53.0 Å². The number of piperidine rings is 1. The number of rotatable bonds is 4. The maximum Gasteiger partial charge on any atom is 0.240 e. The molecule has 1 N–H and O–H groups in total. The summed E-state index contributed by atoms with van der Waals surface area (Å²) in [7, 11) is 0. The molecule has 0 spiro atoms. The van der Waals surface area contributed by atoms with E-state index in [1.54, 1.807) is 0 Å². The summed E-state index contributed by atoms with van der Waals surface area (Å²) in [6.45, 7) is 11.8. The van der Waals surface area contributed by atoms with Gasteiger partial charge in [-0.25, -0.2) is 0 Å². The molecule has 25 heavy (non-hydrogen) atoms. The van der Waals surface area contributed by atoms with Crippen LogP contribution in [0.1, 0.15) is 47.5 Å². The molecule has 0 radical (unpaired) electrons. The first kappa shape index (κ1) is 19.3. The normalized spacial score (nSPS) is 15.8. The fourth-order valence-corrected chi connectivity index (χ4v) is 3.10. The Labute approximate surface area is 151 Å². The molecule has 1 saturated heterocycles. The average Bonchev–Trinajstić information content (AvgIpc) is 2.52. The third kappa shape index (κ3) is 5.76. The molecule has 1 aromatic rings. The van der Waals surface area contributed by atoms with Gasteiger partial charge in [0.25, 0.3) is 0 Å². The van der Waals surface area contributed by atoms with Gasteiger partial charge in [-0.3, -0.25) is 9.59 Å². The van der Waals surface area contributed by atoms with Crippen molar-refractivity contribution in [3.63, 3.8) is 0 Å². The van der Waals surface area contributed by atoms with Gasteiger partial charge in [-0.05, 0) is 63.8 Å². The molecule has 1 fully saturated rings. The van der Waals surface area contributed by atoms with Crippen LogP contribution in [0.25, 0.3) is 0 Å². The minimum absolute atomic E-state index is 0.0349. The van der Waals surface area contributed by atoms with Crippen molar-refractivity contribution < 1.29 is 9.59 Å². The zero-order valence-electron chi connectivity index (χ0n) is 16.1. The molecule has 0 aliphatic carbocycles. The monoisotopic (exact) mass is 345 g/mol. The van der Waals surface area contributed by atoms with E-state index in [0.29, 0.717) is 0 Å². The Morgan fingerprint density at radius 3 is 2.20 bits per heavy atom. The van der Waals surface area contributed by atoms with Gasteiger partial charge in [0.05, 0.1) is 0 Å². The van der Waals surface area contributed by atoms with E-state index in [1.807, 2.05) is 45.0 Å². The predicted octanol–water partition coefficient (Wildman–Crippen LogP) is 3.19. The van der Waals surface area contributed by atoms with Gasteiger partial charge in [0, 0.05) is 36.9 Å². The van der Waals surface area contributed by atoms with Crippen molar-refractivity contribution in [2.75, 3.05) is 29.4 Å². The van der Waals surface area contributed by atoms with Crippen LogP contribution in [0.2, 0.25) is 0 Å². The number of anilines is 2. The first-order chi connectivity index (χ1) is 11.7. The van der Waals surface area contributed by atoms with Crippen LogP contribution in [0.15, 0.2) is 24.3 Å². The predicted molar refractivity (Wildman–Crippen MR) is 103 cm³/mol. The number of nitrogens with zero attached hydrogens (tertiary/aromatic N) is 2. The number of nitrogens with one attached hydrogen (secondary N) is 1. The Hall–Kier alpha value is -2.04. The second kappa shape index (κ2) is 7.89. The van der Waals surface area contributed by atoms with Gasteiger partial charge in [0.1, 0.15) is 6.54 Å². The molecule has 2 amide bonds. The highest BCUT2D eigenvalue weighted by atomic mass is 16.2. The molecule has 5 nitrogen and oxygen atoms in total. The third-order valence-corrected chi connectivity index (χ3v) is 4.51. The van der Waals surface area contributed by atoms with E-state index in [0.717, 1.165) is 24.7 Å². The van der Waals surface area contributed by atoms with Crippen LogP contribution in [0.4, 0.5) is 11.4 Å². The number of hydrogen-bond acceptors (Lipinski definition) is 3. The maximum atomic E-state index is 12.2. The van der Waals surface area contributed by atoms with Crippen LogP contribution in [-0.2, 0) is 9.59 Å². The van der Waals surface area contributed by atoms with Crippen molar-refractivity contribution in [1.82, 2.24) is 5.32 Å². The molecule has 1 aliphatic rings. The van der Waals surface area contributed by atoms with Crippen LogP contribution >= 0.6 is 0 Å². The van der Waals surface area contributed by atoms with Gasteiger partial charge in [-0.1, -0.05) is 6.92 Å². The number of benzene rings is 1. The quantitative estimate of drug-likeness (QED) is 0.912. The van der Waals surface area contributed by atoms with Crippen molar-refractivity contribution in [3.8, 4) is 0 Å². The first-order valence-electron chi connectivity index (χ1n) is 9.10. The summed E-state index contributed by atoms with van der Waals surface area (Å²) in [4.78, 5) is 28.1. The SMILES string of the molecule is CC(=O)N(CC(=O)NC(C)(C)C)c1ccc(N2CCC(C)CC2)cc1. The number of carbonyl (C=O) groups is 2. The van der Waals surface area contributed by atoms with E-state index in [2.05, 4.69) is 17.1 Å². The fourth-order valence-electron chi connectivity index (χ4n) is 3.10. The average molecular weight is 345 g/mol. The van der Waals surface area contributed by atoms with Gasteiger partial charge < -0.3 is 15.1 Å². The van der Waals surface area contributed by atoms with E-state index in [1.165, 1.54) is 30.4 Å². The number of carbonyl (C=O) groups excluding carboxylic acids is 2. The van der Waals surface area contributed by atoms with Crippen molar-refractivity contribution in [1.29, 1.82) is 0 Å². The Bertz CT molecular complexity index is 596. The van der Waals surface area contributed by atoms with Gasteiger partial charge in [0.15, 0.2) is 0 Å². The lowest BCUT2D eigenvalue weighted by atomic mass is 9.99. The Morgan fingerprint density at radius 2 is 1.72 bits per heavy atom. The summed E-state index contributed by atoms with van der Waals surface area (Å²) in [5, 5.41) is 2.90. The molecule has 0 unspecified atom stereocenters. The molecule has 1 aromatic carbocycles. The highest BCUT2D eigenvalue weighted by molar-refractivity contribution is 5.97. The van der Waals surface area contributed by atoms with Gasteiger partial charge in [0.2, 0.25) is 11.8 Å². The Morgan fingerprint density at radius 1 is 1.16 bits per heavy atom. The Balaban J connectivity index is 2.06. The van der Waals surface area contributed by atoms with E-state index in [9.17, 15) is 9.59 Å². The minimum atomic E-state index is -0.311. The van der Waals surface area contributed by atoms with Crippen LogP contribution in [-0.4, -0.2) is 37.0 Å². The topological polar surface area (TPSA) is 52.7 Å². The molecule has 0 atom stereocenters. The maximum absolute atomic E-state index is 12.2. The molecule has 0 aromatic heterocycles. The van der Waals surface area contributed by atoms with E-state index >= 15 is 0 Å². The summed E-state index contributed by atoms with van der Waals surface area (Å²) >= 11 is 0. The van der Waals surface area contributed by atoms with Crippen LogP contribution in [0.3, 0.4) is 0 Å². The molecular weight excluding hydrogens is 314 g/mol. The second-order valence-corrected chi connectivity index (χ2v) is 8.09. The van der Waals surface area contributed by atoms with Crippen molar-refractivity contribution in [3.05, 3.63) is 24.3 Å². The van der Waals surface area contributed by atoms with Crippen molar-refractivity contribution in [2.24, 2.45) is 5.92 Å². The van der Waals surface area contributed by atoms with E-state index in [-0.39, 0.29) is 23.9 Å². The van der Waals surface area contributed by atoms with Crippen molar-refractivity contribution >= 4 is 23.2 Å². The largest absolute Gasteiger partial charge is 0.372 e. The highest BCUT2D eigenvalue weighted by Crippen LogP contribution is 2.25. The smallest absolute Gasteiger partial charge is 0.240 e. The lowest BCUT2D eigenvalue weighted by Crippen LogP contribution is -2.47. The van der Waals surface area contributed by atoms with Gasteiger partial charge >= 0.3 is 0 Å². The summed E-state index contributed by atoms with van der Waals surface area (Å²) < 4.78 is 0.